The number of ether oxygens (including phenoxy) is 3. The number of benzene rings is 2. The van der Waals surface area contributed by atoms with E-state index in [-0.39, 0.29) is 0 Å². The minimum absolute atomic E-state index is 0.552. The van der Waals surface area contributed by atoms with Crippen LogP contribution in [0.5, 0.6) is 11.5 Å². The Labute approximate surface area is 185 Å². The molecule has 4 aromatic rings. The number of fused-ring (bicyclic) bond motifs is 2. The lowest BCUT2D eigenvalue weighted by Crippen LogP contribution is -2.36. The topological polar surface area (TPSA) is 73.2 Å². The van der Waals surface area contributed by atoms with Crippen LogP contribution in [0.15, 0.2) is 60.9 Å². The molecule has 0 atom stereocenters. The van der Waals surface area contributed by atoms with Crippen molar-refractivity contribution in [3.05, 3.63) is 60.9 Å². The fourth-order valence-electron chi connectivity index (χ4n) is 4.12. The number of hydrogen-bond donors (Lipinski definition) is 1. The summed E-state index contributed by atoms with van der Waals surface area (Å²) in [7, 11) is 0. The van der Waals surface area contributed by atoms with Crippen LogP contribution >= 0.6 is 0 Å². The van der Waals surface area contributed by atoms with Crippen LogP contribution in [0, 0.1) is 0 Å². The molecule has 0 unspecified atom stereocenters. The van der Waals surface area contributed by atoms with Crippen LogP contribution in [-0.2, 0) is 4.74 Å². The van der Waals surface area contributed by atoms with E-state index in [1.54, 1.807) is 6.20 Å². The Morgan fingerprint density at radius 2 is 1.69 bits per heavy atom. The number of hydrogen-bond acceptors (Lipinski definition) is 7. The van der Waals surface area contributed by atoms with Crippen molar-refractivity contribution in [3.8, 4) is 22.8 Å². The first-order valence-electron chi connectivity index (χ1n) is 10.8. The third-order valence-corrected chi connectivity index (χ3v) is 5.73. The highest BCUT2D eigenvalue weighted by Gasteiger charge is 2.18. The number of rotatable bonds is 4. The maximum atomic E-state index is 5.74. The number of nitrogens with zero attached hydrogens (tertiary/aromatic N) is 4. The molecular formula is C24H23N5O3. The van der Waals surface area contributed by atoms with Gasteiger partial charge in [-0.05, 0) is 30.3 Å². The molecule has 8 heteroatoms. The second kappa shape index (κ2) is 8.05. The molecule has 0 aliphatic carbocycles. The molecule has 2 aromatic heterocycles. The van der Waals surface area contributed by atoms with Crippen molar-refractivity contribution in [2.75, 3.05) is 49.7 Å². The third kappa shape index (κ3) is 3.48. The number of nitrogens with one attached hydrogen (secondary N) is 1. The summed E-state index contributed by atoms with van der Waals surface area (Å²) in [5.74, 6) is 2.99. The van der Waals surface area contributed by atoms with Gasteiger partial charge in [-0.15, -0.1) is 0 Å². The summed E-state index contributed by atoms with van der Waals surface area (Å²) < 4.78 is 18.8. The lowest BCUT2D eigenvalue weighted by atomic mass is 10.1. The second-order valence-corrected chi connectivity index (χ2v) is 7.73. The molecule has 1 N–H and O–H groups in total. The molecule has 0 saturated carbocycles. The molecule has 8 nitrogen and oxygen atoms in total. The van der Waals surface area contributed by atoms with Crippen molar-refractivity contribution in [1.82, 2.24) is 14.4 Å². The van der Waals surface area contributed by atoms with Gasteiger partial charge < -0.3 is 24.4 Å². The molecule has 6 rings (SSSR count). The Morgan fingerprint density at radius 3 is 2.53 bits per heavy atom. The summed E-state index contributed by atoms with van der Waals surface area (Å²) in [6.45, 7) is 4.48. The molecule has 1 fully saturated rings. The molecule has 2 aromatic carbocycles. The minimum Gasteiger partial charge on any atom is -0.486 e. The van der Waals surface area contributed by atoms with Crippen LogP contribution in [0.3, 0.4) is 0 Å². The smallest absolute Gasteiger partial charge is 0.235 e. The van der Waals surface area contributed by atoms with Crippen LogP contribution < -0.4 is 19.7 Å². The van der Waals surface area contributed by atoms with Gasteiger partial charge in [0.1, 0.15) is 24.7 Å². The molecule has 4 heterocycles. The average Bonchev–Trinajstić information content (AvgIpc) is 3.23. The summed E-state index contributed by atoms with van der Waals surface area (Å²) in [6, 6.07) is 16.3. The van der Waals surface area contributed by atoms with Crippen molar-refractivity contribution in [3.63, 3.8) is 0 Å². The summed E-state index contributed by atoms with van der Waals surface area (Å²) in [6.07, 6.45) is 3.71. The van der Waals surface area contributed by atoms with Crippen molar-refractivity contribution in [2.24, 2.45) is 0 Å². The van der Waals surface area contributed by atoms with Gasteiger partial charge in [0.05, 0.1) is 13.2 Å². The summed E-state index contributed by atoms with van der Waals surface area (Å²) >= 11 is 0. The quantitative estimate of drug-likeness (QED) is 0.530. The number of anilines is 3. The van der Waals surface area contributed by atoms with Gasteiger partial charge in [-0.2, -0.15) is 0 Å². The standard InChI is InChI=1S/C24H23N5O3/c1-8-25-24-27-22(17-2-5-19(6-3-17)28-10-12-30-13-11-28)23(29(24)9-1)26-18-4-7-20-21(16-18)32-15-14-31-20/h1-9,16,26H,10-15H2. The molecule has 0 spiro atoms. The van der Waals surface area contributed by atoms with E-state index in [2.05, 4.69) is 39.5 Å². The Bertz CT molecular complexity index is 1250. The molecule has 2 aliphatic heterocycles. The van der Waals surface area contributed by atoms with Crippen molar-refractivity contribution >= 4 is 23.0 Å². The zero-order valence-electron chi connectivity index (χ0n) is 17.5. The van der Waals surface area contributed by atoms with Crippen LogP contribution in [0.4, 0.5) is 17.2 Å². The highest BCUT2D eigenvalue weighted by Crippen LogP contribution is 2.36. The summed E-state index contributed by atoms with van der Waals surface area (Å²) in [5.41, 5.74) is 3.95. The molecule has 0 amide bonds. The fourth-order valence-corrected chi connectivity index (χ4v) is 4.12. The molecule has 162 valence electrons. The van der Waals surface area contributed by atoms with Gasteiger partial charge in [0, 0.05) is 48.5 Å². The maximum absolute atomic E-state index is 5.74. The van der Waals surface area contributed by atoms with E-state index in [1.807, 2.05) is 34.9 Å². The fraction of sp³-hybridized carbons (Fsp3) is 0.250. The molecule has 2 aliphatic rings. The predicted octanol–water partition coefficient (Wildman–Crippen LogP) is 3.75. The number of aromatic nitrogens is 3. The lowest BCUT2D eigenvalue weighted by Gasteiger charge is -2.28. The van der Waals surface area contributed by atoms with Gasteiger partial charge >= 0.3 is 0 Å². The number of imidazole rings is 1. The first-order chi connectivity index (χ1) is 15.8. The third-order valence-electron chi connectivity index (χ3n) is 5.73. The van der Waals surface area contributed by atoms with E-state index < -0.39 is 0 Å². The van der Waals surface area contributed by atoms with Gasteiger partial charge in [-0.25, -0.2) is 9.97 Å². The SMILES string of the molecule is c1cnc2nc(-c3ccc(N4CCOCC4)cc3)c(Nc3ccc4c(c3)OCCO4)n2c1. The Hall–Kier alpha value is -3.78. The Kier molecular flexibility index (Phi) is 4.77. The predicted molar refractivity (Wildman–Crippen MR) is 122 cm³/mol. The first-order valence-corrected chi connectivity index (χ1v) is 10.8. The second-order valence-electron chi connectivity index (χ2n) is 7.73. The van der Waals surface area contributed by atoms with Gasteiger partial charge in [-0.1, -0.05) is 12.1 Å². The molecular weight excluding hydrogens is 406 g/mol. The average molecular weight is 429 g/mol. The van der Waals surface area contributed by atoms with E-state index in [0.29, 0.717) is 19.0 Å². The summed E-state index contributed by atoms with van der Waals surface area (Å²) in [5, 5.41) is 3.52. The molecule has 0 bridgehead atoms. The highest BCUT2D eigenvalue weighted by molar-refractivity contribution is 5.80. The molecule has 0 radical (unpaired) electrons. The van der Waals surface area contributed by atoms with Crippen molar-refractivity contribution < 1.29 is 14.2 Å². The van der Waals surface area contributed by atoms with E-state index in [9.17, 15) is 0 Å². The van der Waals surface area contributed by atoms with Crippen molar-refractivity contribution in [2.45, 2.75) is 0 Å². The summed E-state index contributed by atoms with van der Waals surface area (Å²) in [4.78, 5) is 11.6. The van der Waals surface area contributed by atoms with Crippen LogP contribution in [0.1, 0.15) is 0 Å². The number of morpholine rings is 1. The largest absolute Gasteiger partial charge is 0.486 e. The normalized spacial score (nSPS) is 15.7. The van der Waals surface area contributed by atoms with E-state index in [1.165, 1.54) is 5.69 Å². The van der Waals surface area contributed by atoms with Crippen molar-refractivity contribution in [1.29, 1.82) is 0 Å². The molecule has 1 saturated heterocycles. The zero-order chi connectivity index (χ0) is 21.3. The lowest BCUT2D eigenvalue weighted by molar-refractivity contribution is 0.122. The first kappa shape index (κ1) is 18.9. The van der Waals surface area contributed by atoms with Crippen LogP contribution in [0.2, 0.25) is 0 Å². The van der Waals surface area contributed by atoms with E-state index in [4.69, 9.17) is 19.2 Å². The molecule has 32 heavy (non-hydrogen) atoms. The van der Waals surface area contributed by atoms with Crippen LogP contribution in [-0.4, -0.2) is 53.9 Å². The zero-order valence-corrected chi connectivity index (χ0v) is 17.5. The monoisotopic (exact) mass is 429 g/mol. The van der Waals surface area contributed by atoms with Gasteiger partial charge in [0.15, 0.2) is 11.5 Å². The highest BCUT2D eigenvalue weighted by atomic mass is 16.6. The Morgan fingerprint density at radius 1 is 0.875 bits per heavy atom. The maximum Gasteiger partial charge on any atom is 0.235 e. The van der Waals surface area contributed by atoms with Gasteiger partial charge in [0.2, 0.25) is 5.78 Å². The van der Waals surface area contributed by atoms with E-state index in [0.717, 1.165) is 60.6 Å². The van der Waals surface area contributed by atoms with Crippen LogP contribution in [0.25, 0.3) is 17.0 Å². The minimum atomic E-state index is 0.552. The van der Waals surface area contributed by atoms with Gasteiger partial charge in [0.25, 0.3) is 0 Å². The Balaban J connectivity index is 1.37. The van der Waals surface area contributed by atoms with Gasteiger partial charge in [-0.3, -0.25) is 4.40 Å². The van der Waals surface area contributed by atoms with E-state index >= 15 is 0 Å².